The summed E-state index contributed by atoms with van der Waals surface area (Å²) in [6, 6.07) is 14.5. The molecule has 0 radical (unpaired) electrons. The first kappa shape index (κ1) is 17.4. The molecule has 0 aliphatic rings. The van der Waals surface area contributed by atoms with Crippen LogP contribution in [0.2, 0.25) is 0 Å². The zero-order valence-corrected chi connectivity index (χ0v) is 14.9. The van der Waals surface area contributed by atoms with E-state index in [9.17, 15) is 4.39 Å². The molecule has 3 rings (SSSR count). The standard InChI is InChI=1S/C18H19FN4OS/c1-13(2)23-18(20-21-22-23)25-12-15-5-9-17(10-6-15)24-11-14-3-7-16(19)8-4-14/h3-10,13H,11-12H2,1-2H3. The lowest BCUT2D eigenvalue weighted by Crippen LogP contribution is -2.04. The third kappa shape index (κ3) is 4.79. The summed E-state index contributed by atoms with van der Waals surface area (Å²) in [5.41, 5.74) is 2.10. The second-order valence-electron chi connectivity index (χ2n) is 5.85. The molecule has 0 unspecified atom stereocenters. The van der Waals surface area contributed by atoms with Crippen LogP contribution in [-0.2, 0) is 12.4 Å². The Morgan fingerprint density at radius 3 is 2.40 bits per heavy atom. The highest BCUT2D eigenvalue weighted by Gasteiger charge is 2.09. The van der Waals surface area contributed by atoms with Crippen molar-refractivity contribution in [1.82, 2.24) is 20.2 Å². The Morgan fingerprint density at radius 1 is 1.04 bits per heavy atom. The van der Waals surface area contributed by atoms with Gasteiger partial charge in [0.25, 0.3) is 0 Å². The van der Waals surface area contributed by atoms with E-state index in [1.807, 2.05) is 42.8 Å². The van der Waals surface area contributed by atoms with E-state index in [0.717, 1.165) is 27.8 Å². The van der Waals surface area contributed by atoms with Crippen molar-refractivity contribution in [3.63, 3.8) is 0 Å². The average Bonchev–Trinajstić information content (AvgIpc) is 3.09. The lowest BCUT2D eigenvalue weighted by molar-refractivity contribution is 0.306. The number of tetrazole rings is 1. The number of thioether (sulfide) groups is 1. The molecule has 0 aliphatic carbocycles. The Kier molecular flexibility index (Phi) is 5.65. The molecule has 130 valence electrons. The van der Waals surface area contributed by atoms with Gasteiger partial charge >= 0.3 is 0 Å². The number of rotatable bonds is 7. The topological polar surface area (TPSA) is 52.8 Å². The van der Waals surface area contributed by atoms with Gasteiger partial charge in [-0.1, -0.05) is 36.0 Å². The fraction of sp³-hybridized carbons (Fsp3) is 0.278. The van der Waals surface area contributed by atoms with Crippen LogP contribution in [0.4, 0.5) is 4.39 Å². The normalized spacial score (nSPS) is 11.0. The fourth-order valence-corrected chi connectivity index (χ4v) is 3.14. The molecule has 2 aromatic carbocycles. The van der Waals surface area contributed by atoms with Crippen LogP contribution in [0.3, 0.4) is 0 Å². The molecule has 0 fully saturated rings. The highest BCUT2D eigenvalue weighted by Crippen LogP contribution is 2.23. The molecule has 1 heterocycles. The Labute approximate surface area is 150 Å². The first-order valence-electron chi connectivity index (χ1n) is 7.98. The van der Waals surface area contributed by atoms with Gasteiger partial charge in [0.1, 0.15) is 18.2 Å². The Hall–Kier alpha value is -2.41. The quantitative estimate of drug-likeness (QED) is 0.591. The van der Waals surface area contributed by atoms with Crippen molar-refractivity contribution in [1.29, 1.82) is 0 Å². The van der Waals surface area contributed by atoms with Gasteiger partial charge < -0.3 is 4.74 Å². The molecule has 0 atom stereocenters. The van der Waals surface area contributed by atoms with E-state index in [0.29, 0.717) is 6.61 Å². The number of aromatic nitrogens is 4. The zero-order valence-electron chi connectivity index (χ0n) is 14.1. The maximum absolute atomic E-state index is 12.9. The van der Waals surface area contributed by atoms with E-state index in [-0.39, 0.29) is 11.9 Å². The second-order valence-corrected chi connectivity index (χ2v) is 6.79. The fourth-order valence-electron chi connectivity index (χ4n) is 2.18. The molecule has 0 N–H and O–H groups in total. The van der Waals surface area contributed by atoms with Crippen molar-refractivity contribution >= 4 is 11.8 Å². The summed E-state index contributed by atoms with van der Waals surface area (Å²) >= 11 is 1.60. The van der Waals surface area contributed by atoms with Crippen molar-refractivity contribution in [2.75, 3.05) is 0 Å². The average molecular weight is 358 g/mol. The summed E-state index contributed by atoms with van der Waals surface area (Å²) in [6.45, 7) is 4.51. The van der Waals surface area contributed by atoms with Crippen LogP contribution >= 0.6 is 11.8 Å². The predicted octanol–water partition coefficient (Wildman–Crippen LogP) is 4.26. The zero-order chi connectivity index (χ0) is 17.6. The highest BCUT2D eigenvalue weighted by atomic mass is 32.2. The van der Waals surface area contributed by atoms with Crippen LogP contribution in [0, 0.1) is 5.82 Å². The maximum atomic E-state index is 12.9. The minimum atomic E-state index is -0.242. The van der Waals surface area contributed by atoms with Crippen LogP contribution in [0.25, 0.3) is 0 Å². The van der Waals surface area contributed by atoms with Crippen molar-refractivity contribution in [3.05, 3.63) is 65.5 Å². The van der Waals surface area contributed by atoms with Gasteiger partial charge in [0.05, 0.1) is 6.04 Å². The summed E-state index contributed by atoms with van der Waals surface area (Å²) in [5, 5.41) is 12.6. The Bertz CT molecular complexity index is 803. The van der Waals surface area contributed by atoms with Crippen LogP contribution in [0.5, 0.6) is 5.75 Å². The SMILES string of the molecule is CC(C)n1nnnc1SCc1ccc(OCc2ccc(F)cc2)cc1. The van der Waals surface area contributed by atoms with Crippen LogP contribution < -0.4 is 4.74 Å². The number of hydrogen-bond donors (Lipinski definition) is 0. The van der Waals surface area contributed by atoms with E-state index in [4.69, 9.17) is 4.74 Å². The van der Waals surface area contributed by atoms with Gasteiger partial charge in [-0.15, -0.1) is 5.10 Å². The summed E-state index contributed by atoms with van der Waals surface area (Å²) in [6.07, 6.45) is 0. The molecular formula is C18H19FN4OS. The van der Waals surface area contributed by atoms with Gasteiger partial charge in [-0.3, -0.25) is 0 Å². The van der Waals surface area contributed by atoms with Gasteiger partial charge in [0.2, 0.25) is 5.16 Å². The van der Waals surface area contributed by atoms with E-state index in [2.05, 4.69) is 15.5 Å². The summed E-state index contributed by atoms with van der Waals surface area (Å²) in [7, 11) is 0. The summed E-state index contributed by atoms with van der Waals surface area (Å²) < 4.78 is 20.4. The molecule has 0 bridgehead atoms. The maximum Gasteiger partial charge on any atom is 0.209 e. The van der Waals surface area contributed by atoms with E-state index < -0.39 is 0 Å². The largest absolute Gasteiger partial charge is 0.489 e. The van der Waals surface area contributed by atoms with Crippen molar-refractivity contribution in [2.24, 2.45) is 0 Å². The molecule has 0 spiro atoms. The number of ether oxygens (including phenoxy) is 1. The van der Waals surface area contributed by atoms with Gasteiger partial charge in [-0.2, -0.15) is 0 Å². The van der Waals surface area contributed by atoms with Gasteiger partial charge in [-0.05, 0) is 59.7 Å². The third-order valence-corrected chi connectivity index (χ3v) is 4.57. The molecule has 0 amide bonds. The van der Waals surface area contributed by atoms with Gasteiger partial charge in [0, 0.05) is 5.75 Å². The third-order valence-electron chi connectivity index (χ3n) is 3.56. The first-order chi connectivity index (χ1) is 12.1. The lowest BCUT2D eigenvalue weighted by atomic mass is 10.2. The van der Waals surface area contributed by atoms with E-state index in [1.54, 1.807) is 23.9 Å². The molecule has 1 aromatic heterocycles. The number of hydrogen-bond acceptors (Lipinski definition) is 5. The Balaban J connectivity index is 1.53. The number of nitrogens with zero attached hydrogens (tertiary/aromatic N) is 4. The molecule has 0 aliphatic heterocycles. The van der Waals surface area contributed by atoms with Gasteiger partial charge in [-0.25, -0.2) is 9.07 Å². The predicted molar refractivity (Wildman–Crippen MR) is 94.9 cm³/mol. The molecule has 0 saturated carbocycles. The molecule has 0 saturated heterocycles. The Morgan fingerprint density at radius 2 is 1.72 bits per heavy atom. The second kappa shape index (κ2) is 8.11. The molecular weight excluding hydrogens is 339 g/mol. The van der Waals surface area contributed by atoms with Crippen LogP contribution in [0.15, 0.2) is 53.7 Å². The minimum absolute atomic E-state index is 0.236. The summed E-state index contributed by atoms with van der Waals surface area (Å²) in [5.74, 6) is 1.32. The molecule has 5 nitrogen and oxygen atoms in total. The van der Waals surface area contributed by atoms with E-state index in [1.165, 1.54) is 12.1 Å². The molecule has 25 heavy (non-hydrogen) atoms. The highest BCUT2D eigenvalue weighted by molar-refractivity contribution is 7.98. The molecule has 3 aromatic rings. The van der Waals surface area contributed by atoms with Crippen molar-refractivity contribution < 1.29 is 9.13 Å². The number of benzene rings is 2. The number of halogens is 1. The van der Waals surface area contributed by atoms with Crippen LogP contribution in [0.1, 0.15) is 31.0 Å². The van der Waals surface area contributed by atoms with Crippen molar-refractivity contribution in [3.8, 4) is 5.75 Å². The first-order valence-corrected chi connectivity index (χ1v) is 8.97. The van der Waals surface area contributed by atoms with Gasteiger partial charge in [0.15, 0.2) is 0 Å². The smallest absolute Gasteiger partial charge is 0.209 e. The van der Waals surface area contributed by atoms with E-state index >= 15 is 0 Å². The van der Waals surface area contributed by atoms with Crippen molar-refractivity contribution in [2.45, 2.75) is 37.4 Å². The minimum Gasteiger partial charge on any atom is -0.489 e. The monoisotopic (exact) mass is 358 g/mol. The van der Waals surface area contributed by atoms with Crippen LogP contribution in [-0.4, -0.2) is 20.2 Å². The lowest BCUT2D eigenvalue weighted by Gasteiger charge is -2.08. The summed E-state index contributed by atoms with van der Waals surface area (Å²) in [4.78, 5) is 0. The molecule has 7 heteroatoms.